The molecular weight excluding hydrogens is 386 g/mol. The van der Waals surface area contributed by atoms with Crippen LogP contribution in [-0.4, -0.2) is 59.5 Å². The fourth-order valence-electron chi connectivity index (χ4n) is 4.03. The maximum absolute atomic E-state index is 12.5. The van der Waals surface area contributed by atoms with E-state index < -0.39 is 0 Å². The van der Waals surface area contributed by atoms with Crippen LogP contribution in [0.3, 0.4) is 0 Å². The van der Waals surface area contributed by atoms with Crippen molar-refractivity contribution in [1.82, 2.24) is 14.7 Å². The molecule has 30 heavy (non-hydrogen) atoms. The summed E-state index contributed by atoms with van der Waals surface area (Å²) in [5.74, 6) is 1.30. The molecule has 4 rings (SSSR count). The number of aromatic nitrogens is 2. The van der Waals surface area contributed by atoms with Crippen molar-refractivity contribution in [3.05, 3.63) is 36.5 Å². The molecule has 0 radical (unpaired) electrons. The zero-order valence-electron chi connectivity index (χ0n) is 17.0. The van der Waals surface area contributed by atoms with Crippen LogP contribution in [0.25, 0.3) is 0 Å². The first kappa shape index (κ1) is 20.2. The Labute approximate surface area is 175 Å². The van der Waals surface area contributed by atoms with Gasteiger partial charge in [0, 0.05) is 25.8 Å². The molecular formula is C21H27N5O4. The number of nitrogens with zero attached hydrogens (tertiary/aromatic N) is 3. The molecule has 2 N–H and O–H groups in total. The van der Waals surface area contributed by atoms with E-state index in [2.05, 4.69) is 15.7 Å². The van der Waals surface area contributed by atoms with E-state index >= 15 is 0 Å². The Bertz CT molecular complexity index is 885. The number of ether oxygens (including phenoxy) is 2. The van der Waals surface area contributed by atoms with Gasteiger partial charge in [-0.25, -0.2) is 9.48 Å². The number of anilines is 2. The van der Waals surface area contributed by atoms with E-state index in [1.165, 1.54) is 0 Å². The molecule has 2 aliphatic rings. The van der Waals surface area contributed by atoms with Gasteiger partial charge in [-0.15, -0.1) is 0 Å². The molecule has 1 aromatic heterocycles. The predicted octanol–water partition coefficient (Wildman–Crippen LogP) is 2.88. The smallest absolute Gasteiger partial charge is 0.324 e. The summed E-state index contributed by atoms with van der Waals surface area (Å²) in [6.45, 7) is 2.00. The quantitative estimate of drug-likeness (QED) is 0.786. The Morgan fingerprint density at radius 3 is 2.67 bits per heavy atom. The first-order chi connectivity index (χ1) is 14.7. The third-order valence-corrected chi connectivity index (χ3v) is 5.59. The minimum atomic E-state index is -0.368. The van der Waals surface area contributed by atoms with Gasteiger partial charge in [0.15, 0.2) is 0 Å². The second kappa shape index (κ2) is 9.17. The van der Waals surface area contributed by atoms with E-state index in [4.69, 9.17) is 9.47 Å². The minimum Gasteiger partial charge on any atom is -0.495 e. The maximum atomic E-state index is 12.5. The predicted molar refractivity (Wildman–Crippen MR) is 112 cm³/mol. The van der Waals surface area contributed by atoms with Crippen molar-refractivity contribution >= 4 is 23.4 Å². The van der Waals surface area contributed by atoms with Gasteiger partial charge in [0.25, 0.3) is 5.91 Å². The summed E-state index contributed by atoms with van der Waals surface area (Å²) < 4.78 is 12.6. The topological polar surface area (TPSA) is 97.7 Å². The lowest BCUT2D eigenvalue weighted by atomic mass is 10.0. The lowest BCUT2D eigenvalue weighted by Gasteiger charge is -2.33. The molecule has 0 saturated carbocycles. The number of benzene rings is 1. The molecule has 0 aliphatic carbocycles. The number of nitrogens with one attached hydrogen (secondary N) is 2. The molecule has 2 aromatic rings. The Kier molecular flexibility index (Phi) is 6.18. The lowest BCUT2D eigenvalue weighted by Crippen LogP contribution is -2.44. The number of hydrogen-bond donors (Lipinski definition) is 2. The fourth-order valence-corrected chi connectivity index (χ4v) is 4.03. The molecule has 1 unspecified atom stereocenters. The Morgan fingerprint density at radius 2 is 1.93 bits per heavy atom. The average Bonchev–Trinajstić information content (AvgIpc) is 3.46. The van der Waals surface area contributed by atoms with Gasteiger partial charge in [-0.05, 0) is 37.8 Å². The Balaban J connectivity index is 1.34. The average molecular weight is 413 g/mol. The van der Waals surface area contributed by atoms with Crippen molar-refractivity contribution in [1.29, 1.82) is 0 Å². The van der Waals surface area contributed by atoms with Crippen LogP contribution in [0, 0.1) is 0 Å². The number of rotatable bonds is 5. The number of hydrogen-bond acceptors (Lipinski definition) is 5. The molecule has 2 aliphatic heterocycles. The fraction of sp³-hybridized carbons (Fsp3) is 0.476. The highest BCUT2D eigenvalue weighted by Gasteiger charge is 2.32. The van der Waals surface area contributed by atoms with Crippen molar-refractivity contribution in [3.63, 3.8) is 0 Å². The number of amides is 3. The summed E-state index contributed by atoms with van der Waals surface area (Å²) in [6, 6.07) is 8.75. The van der Waals surface area contributed by atoms with Crippen molar-refractivity contribution in [2.24, 2.45) is 0 Å². The molecule has 0 bridgehead atoms. The largest absolute Gasteiger partial charge is 0.495 e. The Hall–Kier alpha value is -3.07. The number of carbonyl (C=O) groups excluding carboxylic acids is 2. The van der Waals surface area contributed by atoms with Crippen LogP contribution in [-0.2, 0) is 9.53 Å². The highest BCUT2D eigenvalue weighted by Crippen LogP contribution is 2.27. The van der Waals surface area contributed by atoms with E-state index in [-0.39, 0.29) is 24.1 Å². The van der Waals surface area contributed by atoms with Gasteiger partial charge >= 0.3 is 6.03 Å². The molecule has 2 saturated heterocycles. The molecule has 1 aromatic carbocycles. The van der Waals surface area contributed by atoms with Gasteiger partial charge in [-0.2, -0.15) is 5.10 Å². The van der Waals surface area contributed by atoms with Crippen molar-refractivity contribution in [2.45, 2.75) is 37.8 Å². The highest BCUT2D eigenvalue weighted by atomic mass is 16.5. The summed E-state index contributed by atoms with van der Waals surface area (Å²) >= 11 is 0. The van der Waals surface area contributed by atoms with Gasteiger partial charge in [-0.1, -0.05) is 12.1 Å². The standard InChI is InChI=1S/C21H27N5O4/c1-29-17-6-3-2-5-16(17)23-21(28)24-19-8-11-22-26(19)15-9-12-25(13-10-15)20(27)18-7-4-14-30-18/h2-3,5-6,8,11,15,18H,4,7,9-10,12-14H2,1H3,(H2,23,24,28). The number of likely N-dealkylation sites (tertiary alicyclic amines) is 1. The SMILES string of the molecule is COc1ccccc1NC(=O)Nc1ccnn1C1CCN(C(=O)C2CCCO2)CC1. The van der Waals surface area contributed by atoms with Crippen LogP contribution in [0.4, 0.5) is 16.3 Å². The van der Waals surface area contributed by atoms with Crippen LogP contribution >= 0.6 is 0 Å². The first-order valence-electron chi connectivity index (χ1n) is 10.3. The Morgan fingerprint density at radius 1 is 1.13 bits per heavy atom. The van der Waals surface area contributed by atoms with Gasteiger partial charge in [0.2, 0.25) is 0 Å². The van der Waals surface area contributed by atoms with Crippen LogP contribution < -0.4 is 15.4 Å². The lowest BCUT2D eigenvalue weighted by molar-refractivity contribution is -0.142. The van der Waals surface area contributed by atoms with Crippen LogP contribution in [0.5, 0.6) is 5.75 Å². The third kappa shape index (κ3) is 4.40. The van der Waals surface area contributed by atoms with Gasteiger partial charge < -0.3 is 19.7 Å². The zero-order chi connectivity index (χ0) is 20.9. The molecule has 2 fully saturated rings. The number of piperidine rings is 1. The van der Waals surface area contributed by atoms with Crippen LogP contribution in [0.15, 0.2) is 36.5 Å². The van der Waals surface area contributed by atoms with Crippen molar-refractivity contribution < 1.29 is 19.1 Å². The summed E-state index contributed by atoms with van der Waals surface area (Å²) in [7, 11) is 1.56. The van der Waals surface area contributed by atoms with E-state index in [1.807, 2.05) is 21.7 Å². The molecule has 160 valence electrons. The second-order valence-corrected chi connectivity index (χ2v) is 7.50. The van der Waals surface area contributed by atoms with Gasteiger partial charge in [0.05, 0.1) is 25.0 Å². The van der Waals surface area contributed by atoms with Crippen molar-refractivity contribution in [3.8, 4) is 5.75 Å². The summed E-state index contributed by atoms with van der Waals surface area (Å²) in [4.78, 5) is 26.9. The summed E-state index contributed by atoms with van der Waals surface area (Å²) in [5, 5.41) is 10.1. The number of carbonyl (C=O) groups is 2. The number of methoxy groups -OCH3 is 1. The normalized spacial score (nSPS) is 19.5. The molecule has 3 heterocycles. The molecule has 9 nitrogen and oxygen atoms in total. The molecule has 9 heteroatoms. The monoisotopic (exact) mass is 413 g/mol. The van der Waals surface area contributed by atoms with Gasteiger partial charge in [-0.3, -0.25) is 10.1 Å². The number of para-hydroxylation sites is 2. The maximum Gasteiger partial charge on any atom is 0.324 e. The van der Waals surface area contributed by atoms with Crippen LogP contribution in [0.1, 0.15) is 31.7 Å². The minimum absolute atomic E-state index is 0.0981. The van der Waals surface area contributed by atoms with Gasteiger partial charge in [0.1, 0.15) is 17.7 Å². The van der Waals surface area contributed by atoms with E-state index in [0.29, 0.717) is 37.0 Å². The molecule has 0 spiro atoms. The highest BCUT2D eigenvalue weighted by molar-refractivity contribution is 6.00. The van der Waals surface area contributed by atoms with E-state index in [0.717, 1.165) is 25.7 Å². The molecule has 1 atom stereocenters. The van der Waals surface area contributed by atoms with E-state index in [9.17, 15) is 9.59 Å². The van der Waals surface area contributed by atoms with Crippen LogP contribution in [0.2, 0.25) is 0 Å². The summed E-state index contributed by atoms with van der Waals surface area (Å²) in [5.41, 5.74) is 0.588. The van der Waals surface area contributed by atoms with Crippen molar-refractivity contribution in [2.75, 3.05) is 37.4 Å². The molecule has 3 amide bonds. The third-order valence-electron chi connectivity index (χ3n) is 5.59. The zero-order valence-corrected chi connectivity index (χ0v) is 17.0. The summed E-state index contributed by atoms with van der Waals surface area (Å²) in [6.07, 6.45) is 4.72. The second-order valence-electron chi connectivity index (χ2n) is 7.50. The number of urea groups is 1. The van der Waals surface area contributed by atoms with E-state index in [1.54, 1.807) is 31.5 Å². The first-order valence-corrected chi connectivity index (χ1v) is 10.3.